The Balaban J connectivity index is 0.00000288. The van der Waals surface area contributed by atoms with Crippen LogP contribution in [0.2, 0.25) is 0 Å². The number of hydrogen-bond acceptors (Lipinski definition) is 3. The summed E-state index contributed by atoms with van der Waals surface area (Å²) >= 11 is 0. The SMILES string of the molecule is CN=C(NCCC(=O)OC)N1CCC(c2ccccc2)C(C)C1.I. The van der Waals surface area contributed by atoms with Crippen molar-refractivity contribution >= 4 is 35.9 Å². The molecule has 1 fully saturated rings. The van der Waals surface area contributed by atoms with E-state index in [0.717, 1.165) is 25.5 Å². The number of likely N-dealkylation sites (tertiary alicyclic amines) is 1. The summed E-state index contributed by atoms with van der Waals surface area (Å²) in [5.41, 5.74) is 1.42. The van der Waals surface area contributed by atoms with E-state index >= 15 is 0 Å². The third kappa shape index (κ3) is 5.65. The Labute approximate surface area is 161 Å². The number of halogens is 1. The highest BCUT2D eigenvalue weighted by molar-refractivity contribution is 14.0. The first-order valence-corrected chi connectivity index (χ1v) is 8.23. The fourth-order valence-corrected chi connectivity index (χ4v) is 3.24. The molecular weight excluding hydrogens is 417 g/mol. The minimum atomic E-state index is -0.205. The molecule has 1 saturated heterocycles. The molecule has 0 radical (unpaired) electrons. The van der Waals surface area contributed by atoms with Gasteiger partial charge in [-0.15, -0.1) is 24.0 Å². The molecule has 2 rings (SSSR count). The first-order chi connectivity index (χ1) is 11.2. The van der Waals surface area contributed by atoms with E-state index in [9.17, 15) is 4.79 Å². The molecule has 1 aliphatic rings. The van der Waals surface area contributed by atoms with Crippen LogP contribution < -0.4 is 5.32 Å². The second kappa shape index (κ2) is 10.5. The molecule has 6 heteroatoms. The number of rotatable bonds is 4. The molecule has 0 saturated carbocycles. The van der Waals surface area contributed by atoms with Crippen LogP contribution in [0, 0.1) is 5.92 Å². The van der Waals surface area contributed by atoms with Gasteiger partial charge in [0.1, 0.15) is 0 Å². The quantitative estimate of drug-likeness (QED) is 0.335. The van der Waals surface area contributed by atoms with Crippen molar-refractivity contribution in [3.05, 3.63) is 35.9 Å². The summed E-state index contributed by atoms with van der Waals surface area (Å²) in [6, 6.07) is 10.7. The largest absolute Gasteiger partial charge is 0.469 e. The van der Waals surface area contributed by atoms with Gasteiger partial charge < -0.3 is 15.0 Å². The van der Waals surface area contributed by atoms with E-state index in [1.54, 1.807) is 7.05 Å². The molecule has 0 spiro atoms. The summed E-state index contributed by atoms with van der Waals surface area (Å²) in [5.74, 6) is 1.82. The Morgan fingerprint density at radius 3 is 2.67 bits per heavy atom. The second-order valence-corrected chi connectivity index (χ2v) is 6.03. The molecule has 24 heavy (non-hydrogen) atoms. The number of carbonyl (C=O) groups excluding carboxylic acids is 1. The van der Waals surface area contributed by atoms with Crippen LogP contribution in [0.25, 0.3) is 0 Å². The van der Waals surface area contributed by atoms with Gasteiger partial charge in [0.15, 0.2) is 5.96 Å². The van der Waals surface area contributed by atoms with Crippen molar-refractivity contribution < 1.29 is 9.53 Å². The second-order valence-electron chi connectivity index (χ2n) is 6.03. The van der Waals surface area contributed by atoms with Gasteiger partial charge in [0, 0.05) is 26.7 Å². The summed E-state index contributed by atoms with van der Waals surface area (Å²) < 4.78 is 4.66. The first-order valence-electron chi connectivity index (χ1n) is 8.23. The maximum Gasteiger partial charge on any atom is 0.307 e. The monoisotopic (exact) mass is 445 g/mol. The first kappa shape index (κ1) is 20.7. The van der Waals surface area contributed by atoms with Gasteiger partial charge in [0.05, 0.1) is 13.5 Å². The maximum absolute atomic E-state index is 11.2. The van der Waals surface area contributed by atoms with Crippen molar-refractivity contribution in [1.29, 1.82) is 0 Å². The van der Waals surface area contributed by atoms with Gasteiger partial charge in [-0.3, -0.25) is 9.79 Å². The number of guanidine groups is 1. The number of methoxy groups -OCH3 is 1. The van der Waals surface area contributed by atoms with Gasteiger partial charge >= 0.3 is 5.97 Å². The van der Waals surface area contributed by atoms with E-state index in [-0.39, 0.29) is 29.9 Å². The topological polar surface area (TPSA) is 53.9 Å². The van der Waals surface area contributed by atoms with Crippen LogP contribution in [0.5, 0.6) is 0 Å². The number of hydrogen-bond donors (Lipinski definition) is 1. The van der Waals surface area contributed by atoms with Crippen molar-refractivity contribution in [2.75, 3.05) is 33.8 Å². The summed E-state index contributed by atoms with van der Waals surface area (Å²) in [5, 5.41) is 3.25. The standard InChI is InChI=1S/C18H27N3O2.HI/c1-14-13-21(18(19-2)20-11-9-17(22)23-3)12-10-16(14)15-7-5-4-6-8-15;/h4-8,14,16H,9-13H2,1-3H3,(H,19,20);1H. The molecular formula is C18H28IN3O2. The summed E-state index contributed by atoms with van der Waals surface area (Å²) in [7, 11) is 3.20. The lowest BCUT2D eigenvalue weighted by Crippen LogP contribution is -2.48. The zero-order valence-corrected chi connectivity index (χ0v) is 17.0. The highest BCUT2D eigenvalue weighted by atomic mass is 127. The summed E-state index contributed by atoms with van der Waals surface area (Å²) in [6.07, 6.45) is 1.47. The number of aliphatic imine (C=N–C) groups is 1. The minimum absolute atomic E-state index is 0. The van der Waals surface area contributed by atoms with Crippen LogP contribution in [0.4, 0.5) is 0 Å². The predicted molar refractivity (Wildman–Crippen MR) is 108 cm³/mol. The van der Waals surface area contributed by atoms with Crippen molar-refractivity contribution in [3.8, 4) is 0 Å². The molecule has 2 unspecified atom stereocenters. The molecule has 1 aromatic rings. The zero-order valence-electron chi connectivity index (χ0n) is 14.7. The summed E-state index contributed by atoms with van der Waals surface area (Å²) in [4.78, 5) is 17.8. The normalized spacial score (nSPS) is 21.0. The lowest BCUT2D eigenvalue weighted by Gasteiger charge is -2.38. The number of nitrogens with one attached hydrogen (secondary N) is 1. The van der Waals surface area contributed by atoms with Gasteiger partial charge in [-0.2, -0.15) is 0 Å². The van der Waals surface area contributed by atoms with Crippen LogP contribution in [0.1, 0.15) is 31.2 Å². The minimum Gasteiger partial charge on any atom is -0.469 e. The van der Waals surface area contributed by atoms with Crippen LogP contribution in [0.15, 0.2) is 35.3 Å². The van der Waals surface area contributed by atoms with Crippen LogP contribution in [-0.2, 0) is 9.53 Å². The fourth-order valence-electron chi connectivity index (χ4n) is 3.24. The predicted octanol–water partition coefficient (Wildman–Crippen LogP) is 2.87. The summed E-state index contributed by atoms with van der Waals surface area (Å²) in [6.45, 7) is 4.79. The number of benzene rings is 1. The highest BCUT2D eigenvalue weighted by Crippen LogP contribution is 2.32. The Morgan fingerprint density at radius 1 is 1.38 bits per heavy atom. The Hall–Kier alpha value is -1.31. The van der Waals surface area contributed by atoms with Gasteiger partial charge in [0.2, 0.25) is 0 Å². The average molecular weight is 445 g/mol. The Kier molecular flexibility index (Phi) is 9.10. The molecule has 0 bridgehead atoms. The number of nitrogens with zero attached hydrogens (tertiary/aromatic N) is 2. The maximum atomic E-state index is 11.2. The van der Waals surface area contributed by atoms with Crippen molar-refractivity contribution in [2.45, 2.75) is 25.7 Å². The van der Waals surface area contributed by atoms with E-state index in [1.165, 1.54) is 12.7 Å². The third-order valence-corrected chi connectivity index (χ3v) is 4.48. The molecule has 5 nitrogen and oxygen atoms in total. The van der Waals surface area contributed by atoms with Gasteiger partial charge in [-0.25, -0.2) is 0 Å². The smallest absolute Gasteiger partial charge is 0.307 e. The molecule has 134 valence electrons. The average Bonchev–Trinajstić information content (AvgIpc) is 2.59. The number of piperidine rings is 1. The lowest BCUT2D eigenvalue weighted by atomic mass is 9.82. The molecule has 0 aliphatic carbocycles. The fraction of sp³-hybridized carbons (Fsp3) is 0.556. The number of ether oxygens (including phenoxy) is 1. The molecule has 0 aromatic heterocycles. The zero-order chi connectivity index (χ0) is 16.7. The molecule has 1 aromatic carbocycles. The number of carbonyl (C=O) groups is 1. The van der Waals surface area contributed by atoms with Crippen molar-refractivity contribution in [3.63, 3.8) is 0 Å². The highest BCUT2D eigenvalue weighted by Gasteiger charge is 2.28. The van der Waals surface area contributed by atoms with Crippen molar-refractivity contribution in [1.82, 2.24) is 10.2 Å². The van der Waals surface area contributed by atoms with E-state index < -0.39 is 0 Å². The molecule has 1 heterocycles. The Bertz CT molecular complexity index is 536. The molecule has 1 N–H and O–H groups in total. The van der Waals surface area contributed by atoms with Crippen LogP contribution >= 0.6 is 24.0 Å². The lowest BCUT2D eigenvalue weighted by molar-refractivity contribution is -0.140. The van der Waals surface area contributed by atoms with E-state index in [2.05, 4.69) is 57.2 Å². The van der Waals surface area contributed by atoms with Gasteiger partial charge in [0.25, 0.3) is 0 Å². The van der Waals surface area contributed by atoms with E-state index in [0.29, 0.717) is 24.8 Å². The Morgan fingerprint density at radius 2 is 2.08 bits per heavy atom. The van der Waals surface area contributed by atoms with E-state index in [1.807, 2.05) is 0 Å². The molecule has 0 amide bonds. The number of esters is 1. The molecule has 2 atom stereocenters. The van der Waals surface area contributed by atoms with Crippen LogP contribution in [-0.4, -0.2) is 50.6 Å². The van der Waals surface area contributed by atoms with Gasteiger partial charge in [-0.1, -0.05) is 37.3 Å². The van der Waals surface area contributed by atoms with Crippen LogP contribution in [0.3, 0.4) is 0 Å². The van der Waals surface area contributed by atoms with Crippen molar-refractivity contribution in [2.24, 2.45) is 10.9 Å². The third-order valence-electron chi connectivity index (χ3n) is 4.48. The van der Waals surface area contributed by atoms with Gasteiger partial charge in [-0.05, 0) is 23.8 Å². The molecule has 1 aliphatic heterocycles. The van der Waals surface area contributed by atoms with E-state index in [4.69, 9.17) is 0 Å².